The van der Waals surface area contributed by atoms with E-state index in [1.807, 2.05) is 37.3 Å². The number of benzene rings is 1. The van der Waals surface area contributed by atoms with Crippen LogP contribution < -0.4 is 21.3 Å². The van der Waals surface area contributed by atoms with Gasteiger partial charge in [-0.05, 0) is 76.6 Å². The van der Waals surface area contributed by atoms with Crippen LogP contribution in [0.4, 0.5) is 4.39 Å². The van der Waals surface area contributed by atoms with Crippen molar-refractivity contribution in [3.05, 3.63) is 82.8 Å². The van der Waals surface area contributed by atoms with Gasteiger partial charge in [0.25, 0.3) is 5.91 Å². The van der Waals surface area contributed by atoms with Gasteiger partial charge in [-0.3, -0.25) is 28.4 Å². The minimum absolute atomic E-state index is 0.0300. The average Bonchev–Trinajstić information content (AvgIpc) is 3.81. The van der Waals surface area contributed by atoms with Crippen LogP contribution in [0.25, 0.3) is 11.3 Å². The fraction of sp³-hybridized carbons (Fsp3) is 0.421. The van der Waals surface area contributed by atoms with Gasteiger partial charge < -0.3 is 31.3 Å². The van der Waals surface area contributed by atoms with Crippen molar-refractivity contribution in [1.82, 2.24) is 45.3 Å². The van der Waals surface area contributed by atoms with Gasteiger partial charge in [0.2, 0.25) is 29.6 Å². The van der Waals surface area contributed by atoms with Gasteiger partial charge >= 0.3 is 5.97 Å². The molecule has 17 heteroatoms. The SMILES string of the molecule is Cc1ccc2nc(C(=O)N[C@H]3CCCCNC(=O)CC[C@@H](C(=O)O)NC(=O)[C@@H]4C[C@@H](NC(=O)Cc5c(C)nn(-c6ccccc6)c5C)CN4C3=O)c(F)n2c1. The quantitative estimate of drug-likeness (QED) is 0.186. The van der Waals surface area contributed by atoms with E-state index in [0.29, 0.717) is 24.1 Å². The number of carbonyl (C=O) groups is 6. The maximum absolute atomic E-state index is 15.4. The van der Waals surface area contributed by atoms with Crippen LogP contribution in [0.3, 0.4) is 0 Å². The molecule has 3 aromatic heterocycles. The number of fused-ring (bicyclic) bond motifs is 2. The Morgan fingerprint density at radius 1 is 1.00 bits per heavy atom. The Morgan fingerprint density at radius 2 is 1.76 bits per heavy atom. The van der Waals surface area contributed by atoms with E-state index in [1.54, 1.807) is 30.7 Å². The number of carboxylic acid groups (broad SMARTS) is 1. The van der Waals surface area contributed by atoms with E-state index >= 15 is 4.39 Å². The fourth-order valence-corrected chi connectivity index (χ4v) is 7.16. The summed E-state index contributed by atoms with van der Waals surface area (Å²) in [4.78, 5) is 85.2. The smallest absolute Gasteiger partial charge is 0.326 e. The van der Waals surface area contributed by atoms with Crippen LogP contribution in [0, 0.1) is 26.7 Å². The third kappa shape index (κ3) is 8.66. The largest absolute Gasteiger partial charge is 0.480 e. The Kier molecular flexibility index (Phi) is 11.6. The Hall–Kier alpha value is -6.13. The number of amides is 5. The van der Waals surface area contributed by atoms with Gasteiger partial charge in [-0.2, -0.15) is 9.49 Å². The molecule has 1 aromatic carbocycles. The molecule has 0 saturated carbocycles. The minimum Gasteiger partial charge on any atom is -0.480 e. The Bertz CT molecular complexity index is 2130. The first-order valence-electron chi connectivity index (χ1n) is 18.3. The van der Waals surface area contributed by atoms with Crippen molar-refractivity contribution in [2.75, 3.05) is 13.1 Å². The number of carbonyl (C=O) groups excluding carboxylic acids is 5. The van der Waals surface area contributed by atoms with Crippen LogP contribution >= 0.6 is 0 Å². The molecule has 2 aliphatic heterocycles. The van der Waals surface area contributed by atoms with Crippen molar-refractivity contribution in [3.63, 3.8) is 0 Å². The van der Waals surface area contributed by atoms with Crippen molar-refractivity contribution in [2.24, 2.45) is 0 Å². The highest BCUT2D eigenvalue weighted by atomic mass is 19.1. The molecule has 5 amide bonds. The number of imidazole rings is 1. The zero-order valence-corrected chi connectivity index (χ0v) is 30.8. The van der Waals surface area contributed by atoms with E-state index in [2.05, 4.69) is 31.3 Å². The first-order chi connectivity index (χ1) is 26.3. The number of nitrogens with zero attached hydrogens (tertiary/aromatic N) is 5. The molecule has 0 bridgehead atoms. The van der Waals surface area contributed by atoms with E-state index in [1.165, 1.54) is 11.1 Å². The summed E-state index contributed by atoms with van der Waals surface area (Å²) in [5, 5.41) is 25.2. The van der Waals surface area contributed by atoms with E-state index in [9.17, 15) is 33.9 Å². The van der Waals surface area contributed by atoms with E-state index in [0.717, 1.165) is 21.3 Å². The van der Waals surface area contributed by atoms with Crippen molar-refractivity contribution in [1.29, 1.82) is 0 Å². The van der Waals surface area contributed by atoms with Gasteiger partial charge in [-0.25, -0.2) is 14.5 Å². The number of aromatic nitrogens is 4. The topological polar surface area (TPSA) is 209 Å². The lowest BCUT2D eigenvalue weighted by Gasteiger charge is -2.29. The summed E-state index contributed by atoms with van der Waals surface area (Å²) in [7, 11) is 0. The zero-order valence-electron chi connectivity index (χ0n) is 30.8. The number of pyridine rings is 1. The summed E-state index contributed by atoms with van der Waals surface area (Å²) in [6, 6.07) is 8.09. The number of para-hydroxylation sites is 1. The molecule has 16 nitrogen and oxygen atoms in total. The number of hydrogen-bond acceptors (Lipinski definition) is 8. The van der Waals surface area contributed by atoms with Gasteiger partial charge in [0.1, 0.15) is 23.8 Å². The van der Waals surface area contributed by atoms with Gasteiger partial charge in [0.05, 0.1) is 17.8 Å². The van der Waals surface area contributed by atoms with Crippen LogP contribution in [0.5, 0.6) is 0 Å². The molecule has 55 heavy (non-hydrogen) atoms. The standard InChI is InChI=1S/C38H44FN9O7/c1-21-12-14-30-44-33(34(39)47(30)19-21)36(52)42-27-11-7-8-16-40-31(49)15-13-28(38(54)55)43-35(51)29-17-24(20-46(29)37(27)53)41-32(50)18-26-22(2)45-48(23(26)3)25-9-5-4-6-10-25/h4-6,9-10,12,14,19,24,27-29H,7-8,11,13,15-18,20H2,1-3H3,(H,40,49)(H,41,50)(H,42,52)(H,43,51)(H,54,55)/t24-,27+,28+,29+/m1/s1. The van der Waals surface area contributed by atoms with Crippen molar-refractivity contribution in [2.45, 2.75) is 89.9 Å². The molecular weight excluding hydrogens is 713 g/mol. The highest BCUT2D eigenvalue weighted by Crippen LogP contribution is 2.24. The summed E-state index contributed by atoms with van der Waals surface area (Å²) < 4.78 is 18.3. The molecule has 0 spiro atoms. The average molecular weight is 758 g/mol. The predicted molar refractivity (Wildman–Crippen MR) is 196 cm³/mol. The monoisotopic (exact) mass is 757 g/mol. The summed E-state index contributed by atoms with van der Waals surface area (Å²) in [5.41, 5.74) is 3.39. The molecule has 4 aromatic rings. The Labute approximate surface area is 315 Å². The lowest BCUT2D eigenvalue weighted by molar-refractivity contribution is -0.144. The number of aryl methyl sites for hydroxylation is 2. The second-order valence-corrected chi connectivity index (χ2v) is 14.1. The van der Waals surface area contributed by atoms with E-state index < -0.39 is 65.4 Å². The number of rotatable bonds is 7. The number of hydrogen-bond donors (Lipinski definition) is 5. The second-order valence-electron chi connectivity index (χ2n) is 14.1. The second kappa shape index (κ2) is 16.5. The van der Waals surface area contributed by atoms with Crippen molar-refractivity contribution < 1.29 is 38.3 Å². The Morgan fingerprint density at radius 3 is 2.51 bits per heavy atom. The summed E-state index contributed by atoms with van der Waals surface area (Å²) in [5.74, 6) is -5.47. The van der Waals surface area contributed by atoms with Crippen molar-refractivity contribution in [3.8, 4) is 5.69 Å². The zero-order chi connectivity index (χ0) is 39.4. The third-order valence-corrected chi connectivity index (χ3v) is 10.1. The maximum atomic E-state index is 15.4. The molecule has 2 fully saturated rings. The highest BCUT2D eigenvalue weighted by molar-refractivity contribution is 5.98. The molecule has 0 unspecified atom stereocenters. The van der Waals surface area contributed by atoms with Gasteiger partial charge in [0.15, 0.2) is 5.69 Å². The molecule has 0 radical (unpaired) electrons. The molecular formula is C38H44FN9O7. The fourth-order valence-electron chi connectivity index (χ4n) is 7.16. The van der Waals surface area contributed by atoms with Crippen molar-refractivity contribution >= 4 is 41.2 Å². The normalized spacial score (nSPS) is 21.2. The first kappa shape index (κ1) is 38.6. The Balaban J connectivity index is 1.25. The van der Waals surface area contributed by atoms with E-state index in [-0.39, 0.29) is 56.7 Å². The maximum Gasteiger partial charge on any atom is 0.326 e. The highest BCUT2D eigenvalue weighted by Gasteiger charge is 2.43. The summed E-state index contributed by atoms with van der Waals surface area (Å²) in [6.45, 7) is 5.52. The van der Waals surface area contributed by atoms with Crippen LogP contribution in [0.15, 0.2) is 48.7 Å². The molecule has 2 aliphatic rings. The van der Waals surface area contributed by atoms with E-state index in [4.69, 9.17) is 0 Å². The third-order valence-electron chi connectivity index (χ3n) is 10.1. The lowest BCUT2D eigenvalue weighted by Crippen LogP contribution is -2.55. The number of carboxylic acids is 1. The van der Waals surface area contributed by atoms with Gasteiger partial charge in [-0.15, -0.1) is 0 Å². The van der Waals surface area contributed by atoms with Gasteiger partial charge in [0, 0.05) is 43.0 Å². The molecule has 5 N–H and O–H groups in total. The number of nitrogens with one attached hydrogen (secondary N) is 4. The molecule has 2 saturated heterocycles. The molecule has 290 valence electrons. The number of aliphatic carboxylic acids is 1. The summed E-state index contributed by atoms with van der Waals surface area (Å²) in [6.07, 6.45) is 1.88. The van der Waals surface area contributed by atoms with Crippen LogP contribution in [-0.2, 0) is 30.4 Å². The first-order valence-corrected chi connectivity index (χ1v) is 18.3. The molecule has 5 heterocycles. The summed E-state index contributed by atoms with van der Waals surface area (Å²) >= 11 is 0. The lowest BCUT2D eigenvalue weighted by atomic mass is 10.1. The predicted octanol–water partition coefficient (Wildman–Crippen LogP) is 1.66. The molecule has 4 atom stereocenters. The molecule has 0 aliphatic carbocycles. The van der Waals surface area contributed by atoms with Crippen LogP contribution in [-0.4, -0.2) is 102 Å². The van der Waals surface area contributed by atoms with Gasteiger partial charge in [-0.1, -0.05) is 24.3 Å². The number of halogens is 1. The van der Waals surface area contributed by atoms with Crippen LogP contribution in [0.2, 0.25) is 0 Å². The minimum atomic E-state index is -1.43. The molecule has 6 rings (SSSR count). The van der Waals surface area contributed by atoms with Crippen LogP contribution in [0.1, 0.15) is 71.5 Å².